The molecule has 0 bridgehead atoms. The molecule has 18 heavy (non-hydrogen) atoms. The minimum absolute atomic E-state index is 0.398. The molecular weight excluding hydrogens is 234 g/mol. The average Bonchev–Trinajstić information content (AvgIpc) is 2.82. The zero-order valence-electron chi connectivity index (χ0n) is 9.63. The molecule has 1 saturated heterocycles. The lowest BCUT2D eigenvalue weighted by Gasteiger charge is -2.31. The van der Waals surface area contributed by atoms with Gasteiger partial charge in [0.05, 0.1) is 5.52 Å². The Morgan fingerprint density at radius 1 is 1.56 bits per heavy atom. The summed E-state index contributed by atoms with van der Waals surface area (Å²) in [7, 11) is 0. The summed E-state index contributed by atoms with van der Waals surface area (Å²) in [5, 5.41) is 12.0. The molecule has 1 atom stereocenters. The van der Waals surface area contributed by atoms with Crippen molar-refractivity contribution in [1.29, 1.82) is 0 Å². The lowest BCUT2D eigenvalue weighted by Crippen LogP contribution is -2.54. The van der Waals surface area contributed by atoms with Crippen molar-refractivity contribution in [1.82, 2.24) is 20.3 Å². The van der Waals surface area contributed by atoms with Crippen LogP contribution in [0.15, 0.2) is 18.3 Å². The molecule has 3 rings (SSSR count). The van der Waals surface area contributed by atoms with Crippen LogP contribution in [0.4, 0.5) is 5.95 Å². The molecule has 2 aromatic rings. The van der Waals surface area contributed by atoms with Gasteiger partial charge in [0.15, 0.2) is 5.65 Å². The van der Waals surface area contributed by atoms with Crippen molar-refractivity contribution in [3.05, 3.63) is 18.3 Å². The number of carbonyl (C=O) groups is 1. The van der Waals surface area contributed by atoms with Gasteiger partial charge in [-0.05, 0) is 12.1 Å². The van der Waals surface area contributed by atoms with Crippen molar-refractivity contribution in [2.45, 2.75) is 6.04 Å². The second kappa shape index (κ2) is 4.26. The summed E-state index contributed by atoms with van der Waals surface area (Å²) in [5.74, 6) is -0.162. The number of H-pyrrole nitrogens is 1. The smallest absolute Gasteiger partial charge is 0.322 e. The summed E-state index contributed by atoms with van der Waals surface area (Å²) in [4.78, 5) is 24.6. The van der Waals surface area contributed by atoms with Crippen LogP contribution in [0.3, 0.4) is 0 Å². The monoisotopic (exact) mass is 247 g/mol. The van der Waals surface area contributed by atoms with E-state index in [2.05, 4.69) is 20.3 Å². The van der Waals surface area contributed by atoms with Crippen LogP contribution in [0.5, 0.6) is 0 Å². The molecule has 0 amide bonds. The SMILES string of the molecule is O=C(O)C1CN(c2nc3ncccc3[nH]2)CCN1. The Hall–Kier alpha value is -2.15. The van der Waals surface area contributed by atoms with Crippen LogP contribution in [-0.4, -0.2) is 51.7 Å². The number of fused-ring (bicyclic) bond motifs is 1. The summed E-state index contributed by atoms with van der Waals surface area (Å²) < 4.78 is 0. The first-order chi connectivity index (χ1) is 8.74. The third-order valence-electron chi connectivity index (χ3n) is 3.02. The first kappa shape index (κ1) is 11.0. The van der Waals surface area contributed by atoms with E-state index in [9.17, 15) is 4.79 Å². The molecule has 7 nitrogen and oxygen atoms in total. The Balaban J connectivity index is 1.87. The van der Waals surface area contributed by atoms with Gasteiger partial charge in [-0.25, -0.2) is 4.98 Å². The van der Waals surface area contributed by atoms with Crippen LogP contribution in [0, 0.1) is 0 Å². The first-order valence-electron chi connectivity index (χ1n) is 5.76. The van der Waals surface area contributed by atoms with Crippen molar-refractivity contribution >= 4 is 23.1 Å². The number of aromatic nitrogens is 3. The normalized spacial score (nSPS) is 20.2. The Morgan fingerprint density at radius 2 is 2.44 bits per heavy atom. The fourth-order valence-corrected chi connectivity index (χ4v) is 2.09. The summed E-state index contributed by atoms with van der Waals surface area (Å²) in [6.45, 7) is 1.75. The minimum atomic E-state index is -0.839. The third kappa shape index (κ3) is 1.88. The van der Waals surface area contributed by atoms with Crippen molar-refractivity contribution in [2.24, 2.45) is 0 Å². The summed E-state index contributed by atoms with van der Waals surface area (Å²) in [5.41, 5.74) is 1.51. The molecule has 7 heteroatoms. The van der Waals surface area contributed by atoms with Crippen molar-refractivity contribution < 1.29 is 9.90 Å². The molecule has 1 aliphatic rings. The average molecular weight is 247 g/mol. The van der Waals surface area contributed by atoms with Gasteiger partial charge < -0.3 is 20.3 Å². The zero-order chi connectivity index (χ0) is 12.5. The molecule has 0 aliphatic carbocycles. The summed E-state index contributed by atoms with van der Waals surface area (Å²) in [6.07, 6.45) is 1.69. The highest BCUT2D eigenvalue weighted by Gasteiger charge is 2.26. The van der Waals surface area contributed by atoms with E-state index in [0.29, 0.717) is 24.7 Å². The molecule has 94 valence electrons. The molecule has 3 N–H and O–H groups in total. The Morgan fingerprint density at radius 3 is 3.22 bits per heavy atom. The number of aliphatic carboxylic acids is 1. The lowest BCUT2D eigenvalue weighted by molar-refractivity contribution is -0.139. The van der Waals surface area contributed by atoms with E-state index in [0.717, 1.165) is 12.1 Å². The highest BCUT2D eigenvalue weighted by atomic mass is 16.4. The number of carboxylic acid groups (broad SMARTS) is 1. The van der Waals surface area contributed by atoms with Gasteiger partial charge in [0.1, 0.15) is 6.04 Å². The van der Waals surface area contributed by atoms with Crippen LogP contribution >= 0.6 is 0 Å². The molecule has 0 saturated carbocycles. The maximum atomic E-state index is 11.0. The Bertz CT molecular complexity index is 549. The van der Waals surface area contributed by atoms with Crippen molar-refractivity contribution in [3.63, 3.8) is 0 Å². The van der Waals surface area contributed by atoms with Crippen molar-refractivity contribution in [3.8, 4) is 0 Å². The van der Waals surface area contributed by atoms with Gasteiger partial charge in [-0.1, -0.05) is 0 Å². The molecule has 1 aliphatic heterocycles. The maximum absolute atomic E-state index is 11.0. The molecular formula is C11H13N5O2. The highest BCUT2D eigenvalue weighted by Crippen LogP contribution is 2.16. The van der Waals surface area contributed by atoms with Gasteiger partial charge in [-0.2, -0.15) is 4.98 Å². The maximum Gasteiger partial charge on any atom is 0.322 e. The van der Waals surface area contributed by atoms with E-state index in [1.807, 2.05) is 17.0 Å². The number of imidazole rings is 1. The molecule has 2 aromatic heterocycles. The van der Waals surface area contributed by atoms with Gasteiger partial charge in [-0.15, -0.1) is 0 Å². The molecule has 0 spiro atoms. The molecule has 0 radical (unpaired) electrons. The number of aromatic amines is 1. The van der Waals surface area contributed by atoms with E-state index in [-0.39, 0.29) is 0 Å². The summed E-state index contributed by atoms with van der Waals surface area (Å²) in [6, 6.07) is 3.18. The van der Waals surface area contributed by atoms with Crippen LogP contribution in [0.1, 0.15) is 0 Å². The number of pyridine rings is 1. The van der Waals surface area contributed by atoms with E-state index >= 15 is 0 Å². The molecule has 3 heterocycles. The summed E-state index contributed by atoms with van der Waals surface area (Å²) >= 11 is 0. The Labute approximate surface area is 103 Å². The van der Waals surface area contributed by atoms with Crippen molar-refractivity contribution in [2.75, 3.05) is 24.5 Å². The van der Waals surface area contributed by atoms with Gasteiger partial charge in [0.2, 0.25) is 5.95 Å². The van der Waals surface area contributed by atoms with Gasteiger partial charge in [-0.3, -0.25) is 4.79 Å². The number of anilines is 1. The molecule has 1 fully saturated rings. The van der Waals surface area contributed by atoms with Crippen LogP contribution in [0.2, 0.25) is 0 Å². The van der Waals surface area contributed by atoms with Gasteiger partial charge in [0, 0.05) is 25.8 Å². The fourth-order valence-electron chi connectivity index (χ4n) is 2.09. The number of carboxylic acids is 1. The van der Waals surface area contributed by atoms with Gasteiger partial charge in [0.25, 0.3) is 0 Å². The van der Waals surface area contributed by atoms with Gasteiger partial charge >= 0.3 is 5.97 Å². The topological polar surface area (TPSA) is 94.1 Å². The fraction of sp³-hybridized carbons (Fsp3) is 0.364. The number of nitrogens with one attached hydrogen (secondary N) is 2. The van der Waals surface area contributed by atoms with Crippen LogP contribution in [0.25, 0.3) is 11.2 Å². The number of hydrogen-bond donors (Lipinski definition) is 3. The zero-order valence-corrected chi connectivity index (χ0v) is 9.63. The van der Waals surface area contributed by atoms with Crippen LogP contribution < -0.4 is 10.2 Å². The second-order valence-corrected chi connectivity index (χ2v) is 4.23. The largest absolute Gasteiger partial charge is 0.480 e. The van der Waals surface area contributed by atoms with E-state index in [4.69, 9.17) is 5.11 Å². The first-order valence-corrected chi connectivity index (χ1v) is 5.76. The van der Waals surface area contributed by atoms with Crippen LogP contribution in [-0.2, 0) is 4.79 Å². The Kier molecular flexibility index (Phi) is 2.60. The van der Waals surface area contributed by atoms with E-state index in [1.54, 1.807) is 6.20 Å². The predicted octanol–water partition coefficient (Wildman–Crippen LogP) is -0.179. The molecule has 1 unspecified atom stereocenters. The number of hydrogen-bond acceptors (Lipinski definition) is 5. The lowest BCUT2D eigenvalue weighted by atomic mass is 10.2. The number of rotatable bonds is 2. The predicted molar refractivity (Wildman–Crippen MR) is 65.5 cm³/mol. The minimum Gasteiger partial charge on any atom is -0.480 e. The van der Waals surface area contributed by atoms with E-state index in [1.165, 1.54) is 0 Å². The van der Waals surface area contributed by atoms with E-state index < -0.39 is 12.0 Å². The number of nitrogens with zero attached hydrogens (tertiary/aromatic N) is 3. The third-order valence-corrected chi connectivity index (χ3v) is 3.02. The quantitative estimate of drug-likeness (QED) is 0.681. The highest BCUT2D eigenvalue weighted by molar-refractivity contribution is 5.76. The number of piperazine rings is 1. The molecule has 0 aromatic carbocycles. The second-order valence-electron chi connectivity index (χ2n) is 4.23. The standard InChI is InChI=1S/C11H13N5O2/c17-10(18)8-6-16(5-4-12-8)11-14-7-2-1-3-13-9(7)15-11/h1-3,8,12H,4-6H2,(H,17,18)(H,13,14,15).